The highest BCUT2D eigenvalue weighted by Crippen LogP contribution is 2.66. The maximum atomic E-state index is 16.1. The summed E-state index contributed by atoms with van der Waals surface area (Å²) < 4.78 is 23.3. The molecule has 0 radical (unpaired) electrons. The number of cyclic esters (lactones) is 1. The zero-order chi connectivity index (χ0) is 46.8. The summed E-state index contributed by atoms with van der Waals surface area (Å²) in [5.41, 5.74) is 0.634. The number of imide groups is 1. The average Bonchev–Trinajstić information content (AvgIpc) is 3.81. The van der Waals surface area contributed by atoms with Gasteiger partial charge >= 0.3 is 18.0 Å². The zero-order valence-electron chi connectivity index (χ0n) is 35.8. The van der Waals surface area contributed by atoms with Crippen molar-refractivity contribution >= 4 is 35.3 Å². The van der Waals surface area contributed by atoms with E-state index in [2.05, 4.69) is 11.8 Å². The number of benzene rings is 6. The van der Waals surface area contributed by atoms with Gasteiger partial charge in [0, 0.05) is 23.3 Å². The number of hydrogen-bond acceptors (Lipinski definition) is 12. The SMILES string of the molecule is COc1ccc(C#Cc2ccc3c(c2)C2(C(=O)N3C(=O)OCc3ccc([N+](=O)[O-])cc3)C(C(=O)O)C3C(=O)OC(c4ccccc4)C(c4ccccc4)N3C2c2cccc(OCCO)c2)cc1. The molecular weight excluding hydrogens is 859 g/mol. The van der Waals surface area contributed by atoms with Gasteiger partial charge in [0.05, 0.1) is 36.4 Å². The summed E-state index contributed by atoms with van der Waals surface area (Å²) in [7, 11) is 1.55. The minimum absolute atomic E-state index is 0.00159. The van der Waals surface area contributed by atoms with Crippen molar-refractivity contribution in [1.82, 2.24) is 4.90 Å². The lowest BCUT2D eigenvalue weighted by Gasteiger charge is -2.46. The summed E-state index contributed by atoms with van der Waals surface area (Å²) in [5, 5.41) is 32.7. The Morgan fingerprint density at radius 1 is 0.776 bits per heavy atom. The van der Waals surface area contributed by atoms with Crippen molar-refractivity contribution < 1.29 is 53.3 Å². The summed E-state index contributed by atoms with van der Waals surface area (Å²) in [6.07, 6.45) is -2.16. The molecule has 9 rings (SSSR count). The number of aliphatic hydroxyl groups is 1. The molecule has 3 heterocycles. The number of rotatable bonds is 11. The van der Waals surface area contributed by atoms with E-state index in [9.17, 15) is 34.7 Å². The van der Waals surface area contributed by atoms with Gasteiger partial charge in [-0.25, -0.2) is 9.69 Å². The number of carboxylic acids is 1. The van der Waals surface area contributed by atoms with Gasteiger partial charge in [-0.1, -0.05) is 84.6 Å². The van der Waals surface area contributed by atoms with Crippen LogP contribution in [0, 0.1) is 27.9 Å². The number of nitrogens with zero attached hydrogens (tertiary/aromatic N) is 3. The molecule has 6 aromatic rings. The first kappa shape index (κ1) is 43.9. The molecule has 0 aliphatic carbocycles. The number of aliphatic hydroxyl groups excluding tert-OH is 1. The van der Waals surface area contributed by atoms with Gasteiger partial charge in [0.25, 0.3) is 5.69 Å². The minimum Gasteiger partial charge on any atom is -0.497 e. The van der Waals surface area contributed by atoms with E-state index in [-0.39, 0.29) is 35.9 Å². The van der Waals surface area contributed by atoms with Gasteiger partial charge in [0.2, 0.25) is 5.91 Å². The lowest BCUT2D eigenvalue weighted by atomic mass is 9.65. The summed E-state index contributed by atoms with van der Waals surface area (Å²) in [6, 6.07) is 38.0. The van der Waals surface area contributed by atoms with Gasteiger partial charge in [-0.3, -0.25) is 29.4 Å². The van der Waals surface area contributed by atoms with Gasteiger partial charge in [0.15, 0.2) is 0 Å². The maximum Gasteiger partial charge on any atom is 0.421 e. The Bertz CT molecular complexity index is 2940. The Morgan fingerprint density at radius 2 is 1.43 bits per heavy atom. The molecule has 336 valence electrons. The molecule has 0 saturated carbocycles. The molecule has 2 fully saturated rings. The Kier molecular flexibility index (Phi) is 12.0. The van der Waals surface area contributed by atoms with E-state index in [0.29, 0.717) is 39.1 Å². The number of non-ortho nitro benzene ring substituents is 1. The molecule has 2 saturated heterocycles. The number of nitro groups is 1. The molecule has 0 bridgehead atoms. The number of amides is 2. The highest BCUT2D eigenvalue weighted by molar-refractivity contribution is 6.23. The minimum atomic E-state index is -2.27. The number of carbonyl (C=O) groups excluding carboxylic acids is 3. The predicted molar refractivity (Wildman–Crippen MR) is 241 cm³/mol. The molecule has 6 aromatic carbocycles. The van der Waals surface area contributed by atoms with Gasteiger partial charge in [-0.2, -0.15) is 0 Å². The Morgan fingerprint density at radius 3 is 2.09 bits per heavy atom. The number of fused-ring (bicyclic) bond motifs is 3. The van der Waals surface area contributed by atoms with E-state index < -0.39 is 71.0 Å². The highest BCUT2D eigenvalue weighted by atomic mass is 16.6. The molecule has 0 aromatic heterocycles. The molecule has 2 amide bonds. The molecule has 3 aliphatic heterocycles. The third-order valence-electron chi connectivity index (χ3n) is 12.4. The molecule has 2 N–H and O–H groups in total. The van der Waals surface area contributed by atoms with E-state index in [1.165, 1.54) is 30.3 Å². The summed E-state index contributed by atoms with van der Waals surface area (Å²) in [4.78, 5) is 73.3. The van der Waals surface area contributed by atoms with Crippen LogP contribution in [0.5, 0.6) is 11.5 Å². The second-order valence-electron chi connectivity index (χ2n) is 16.1. The summed E-state index contributed by atoms with van der Waals surface area (Å²) in [5.74, 6) is 1.88. The van der Waals surface area contributed by atoms with E-state index in [0.717, 1.165) is 4.90 Å². The summed E-state index contributed by atoms with van der Waals surface area (Å²) >= 11 is 0. The number of morpholine rings is 1. The van der Waals surface area contributed by atoms with Crippen LogP contribution >= 0.6 is 0 Å². The fourth-order valence-electron chi connectivity index (χ4n) is 9.62. The molecule has 15 heteroatoms. The van der Waals surface area contributed by atoms with E-state index in [1.54, 1.807) is 96.9 Å². The topological polar surface area (TPSA) is 195 Å². The molecule has 6 unspecified atom stereocenters. The van der Waals surface area contributed by atoms with Crippen molar-refractivity contribution in [3.63, 3.8) is 0 Å². The fourth-order valence-corrected chi connectivity index (χ4v) is 9.62. The van der Waals surface area contributed by atoms with Gasteiger partial charge < -0.3 is 29.2 Å². The Labute approximate surface area is 383 Å². The lowest BCUT2D eigenvalue weighted by molar-refractivity contribution is -0.384. The second kappa shape index (κ2) is 18.3. The van der Waals surface area contributed by atoms with Crippen LogP contribution in [-0.4, -0.2) is 70.3 Å². The number of esters is 1. The Balaban J connectivity index is 1.29. The number of carboxylic acid groups (broad SMARTS) is 1. The van der Waals surface area contributed by atoms with Gasteiger partial charge in [-0.15, -0.1) is 0 Å². The largest absolute Gasteiger partial charge is 0.497 e. The van der Waals surface area contributed by atoms with Crippen LogP contribution in [0.4, 0.5) is 16.2 Å². The van der Waals surface area contributed by atoms with E-state index in [1.807, 2.05) is 36.4 Å². The number of hydrogen-bond donors (Lipinski definition) is 2. The molecule has 15 nitrogen and oxygen atoms in total. The fraction of sp³-hybridized carbons (Fsp3) is 0.192. The Hall–Kier alpha value is -8.32. The van der Waals surface area contributed by atoms with Crippen LogP contribution in [0.1, 0.15) is 57.1 Å². The first-order valence-electron chi connectivity index (χ1n) is 21.2. The van der Waals surface area contributed by atoms with E-state index in [4.69, 9.17) is 18.9 Å². The van der Waals surface area contributed by atoms with Crippen LogP contribution < -0.4 is 14.4 Å². The molecule has 6 atom stereocenters. The maximum absolute atomic E-state index is 16.1. The predicted octanol–water partition coefficient (Wildman–Crippen LogP) is 7.46. The number of nitro benzene ring substituents is 1. The van der Waals surface area contributed by atoms with Crippen molar-refractivity contribution in [3.8, 4) is 23.3 Å². The quantitative estimate of drug-likeness (QED) is 0.0564. The van der Waals surface area contributed by atoms with Crippen molar-refractivity contribution in [2.45, 2.75) is 36.3 Å². The standard InChI is InChI=1S/C52H41N3O12/c1-64-39-24-19-32(20-25-39)15-16-33-21-26-42-41(29-33)52(50(60)53(42)51(61)66-31-34-17-22-38(23-18-34)55(62)63)43(48(57)58)45-49(59)67-46(36-11-6-3-7-12-36)44(35-9-4-2-5-10-35)54(45)47(52)37-13-8-14-40(30-37)65-28-27-56/h2-14,17-26,29-30,43-47,56H,27-28,31H2,1H3,(H,57,58). The number of aliphatic carboxylic acids is 1. The van der Waals surface area contributed by atoms with Crippen LogP contribution in [0.3, 0.4) is 0 Å². The average molecular weight is 900 g/mol. The first-order valence-corrected chi connectivity index (χ1v) is 21.2. The molecule has 1 spiro atoms. The third kappa shape index (κ3) is 7.88. The highest BCUT2D eigenvalue weighted by Gasteiger charge is 2.76. The number of anilines is 1. The van der Waals surface area contributed by atoms with Crippen molar-refractivity contribution in [3.05, 3.63) is 201 Å². The van der Waals surface area contributed by atoms with Crippen molar-refractivity contribution in [2.24, 2.45) is 5.92 Å². The lowest BCUT2D eigenvalue weighted by Crippen LogP contribution is -2.53. The van der Waals surface area contributed by atoms with Crippen molar-refractivity contribution in [2.75, 3.05) is 25.2 Å². The van der Waals surface area contributed by atoms with Crippen LogP contribution in [0.2, 0.25) is 0 Å². The van der Waals surface area contributed by atoms with Crippen molar-refractivity contribution in [1.29, 1.82) is 0 Å². The summed E-state index contributed by atoms with van der Waals surface area (Å²) in [6.45, 7) is -0.790. The van der Waals surface area contributed by atoms with Gasteiger partial charge in [-0.05, 0) is 94.5 Å². The first-order chi connectivity index (χ1) is 32.5. The van der Waals surface area contributed by atoms with Crippen LogP contribution in [0.15, 0.2) is 152 Å². The second-order valence-corrected chi connectivity index (χ2v) is 16.1. The normalized spacial score (nSPS) is 21.6. The van der Waals surface area contributed by atoms with Crippen LogP contribution in [-0.2, 0) is 35.9 Å². The third-order valence-corrected chi connectivity index (χ3v) is 12.4. The monoisotopic (exact) mass is 899 g/mol. The zero-order valence-corrected chi connectivity index (χ0v) is 35.8. The van der Waals surface area contributed by atoms with E-state index >= 15 is 4.79 Å². The van der Waals surface area contributed by atoms with Gasteiger partial charge in [0.1, 0.15) is 48.2 Å². The molecule has 3 aliphatic rings. The molecule has 67 heavy (non-hydrogen) atoms. The number of methoxy groups -OCH3 is 1. The number of carbonyl (C=O) groups is 4. The smallest absolute Gasteiger partial charge is 0.421 e. The molecular formula is C52H41N3O12. The number of ether oxygens (including phenoxy) is 4. The van der Waals surface area contributed by atoms with Crippen LogP contribution in [0.25, 0.3) is 0 Å².